The first-order valence-electron chi connectivity index (χ1n) is 6.08. The van der Waals surface area contributed by atoms with Crippen LogP contribution in [0.4, 0.5) is 0 Å². The van der Waals surface area contributed by atoms with Gasteiger partial charge in [0.05, 0.1) is 17.3 Å². The number of methoxy groups -OCH3 is 1. The van der Waals surface area contributed by atoms with Crippen LogP contribution in [0.5, 0.6) is 5.75 Å². The zero-order valence-corrected chi connectivity index (χ0v) is 12.9. The van der Waals surface area contributed by atoms with Crippen molar-refractivity contribution in [3.63, 3.8) is 0 Å². The third-order valence-electron chi connectivity index (χ3n) is 3.39. The van der Waals surface area contributed by atoms with Gasteiger partial charge in [0.2, 0.25) is 10.0 Å². The molecule has 1 heterocycles. The van der Waals surface area contributed by atoms with Crippen LogP contribution in [0.2, 0.25) is 0 Å². The number of benzene rings is 1. The molecule has 0 amide bonds. The number of hydrogen-bond acceptors (Lipinski definition) is 5. The molecule has 1 fully saturated rings. The molecule has 112 valence electrons. The number of sulfone groups is 1. The van der Waals surface area contributed by atoms with Crippen LogP contribution in [0.1, 0.15) is 6.42 Å². The Labute approximate surface area is 119 Å². The molecule has 1 aromatic carbocycles. The van der Waals surface area contributed by atoms with Crippen LogP contribution >= 0.6 is 0 Å². The standard InChI is InChI=1S/C12H17NO5S2/c1-18-10-4-3-5-11(8-10)20(16,17)13-7-6-12(9-13)19(2,14)15/h3-5,8,12H,6-7,9H2,1-2H3. The SMILES string of the molecule is COc1cccc(S(=O)(=O)N2CCC(S(C)(=O)=O)C2)c1. The Hall–Kier alpha value is -1.12. The molecule has 0 spiro atoms. The topological polar surface area (TPSA) is 80.8 Å². The number of nitrogens with zero attached hydrogens (tertiary/aromatic N) is 1. The molecule has 1 unspecified atom stereocenters. The third-order valence-corrected chi connectivity index (χ3v) is 6.85. The summed E-state index contributed by atoms with van der Waals surface area (Å²) in [6.45, 7) is 0.232. The van der Waals surface area contributed by atoms with Crippen molar-refractivity contribution in [2.45, 2.75) is 16.6 Å². The van der Waals surface area contributed by atoms with E-state index in [4.69, 9.17) is 4.74 Å². The summed E-state index contributed by atoms with van der Waals surface area (Å²) in [5, 5.41) is -0.622. The van der Waals surface area contributed by atoms with Gasteiger partial charge in [0.15, 0.2) is 9.84 Å². The molecule has 1 aliphatic rings. The first-order valence-corrected chi connectivity index (χ1v) is 9.47. The fraction of sp³-hybridized carbons (Fsp3) is 0.500. The van der Waals surface area contributed by atoms with Gasteiger partial charge in [0.1, 0.15) is 5.75 Å². The maximum absolute atomic E-state index is 12.5. The summed E-state index contributed by atoms with van der Waals surface area (Å²) < 4.78 is 54.1. The predicted octanol–water partition coefficient (Wildman–Crippen LogP) is 0.503. The Morgan fingerprint density at radius 2 is 1.95 bits per heavy atom. The van der Waals surface area contributed by atoms with Crippen molar-refractivity contribution in [3.8, 4) is 5.75 Å². The summed E-state index contributed by atoms with van der Waals surface area (Å²) in [6.07, 6.45) is 1.47. The minimum absolute atomic E-state index is 0.0123. The third kappa shape index (κ3) is 2.97. The van der Waals surface area contributed by atoms with Gasteiger partial charge in [0, 0.05) is 25.4 Å². The molecule has 0 saturated carbocycles. The van der Waals surface area contributed by atoms with Gasteiger partial charge in [-0.2, -0.15) is 4.31 Å². The largest absolute Gasteiger partial charge is 0.497 e. The smallest absolute Gasteiger partial charge is 0.243 e. The van der Waals surface area contributed by atoms with Crippen LogP contribution in [0.15, 0.2) is 29.2 Å². The van der Waals surface area contributed by atoms with Gasteiger partial charge in [-0.25, -0.2) is 16.8 Å². The summed E-state index contributed by atoms with van der Waals surface area (Å²) >= 11 is 0. The monoisotopic (exact) mass is 319 g/mol. The van der Waals surface area contributed by atoms with Gasteiger partial charge >= 0.3 is 0 Å². The second-order valence-electron chi connectivity index (χ2n) is 4.78. The van der Waals surface area contributed by atoms with E-state index in [2.05, 4.69) is 0 Å². The first kappa shape index (κ1) is 15.3. The highest BCUT2D eigenvalue weighted by molar-refractivity contribution is 7.91. The minimum atomic E-state index is -3.68. The van der Waals surface area contributed by atoms with Crippen LogP contribution < -0.4 is 4.74 Å². The molecule has 2 rings (SSSR count). The number of hydrogen-bond donors (Lipinski definition) is 0. The average Bonchev–Trinajstić information content (AvgIpc) is 2.89. The minimum Gasteiger partial charge on any atom is -0.497 e. The van der Waals surface area contributed by atoms with Crippen molar-refractivity contribution in [1.29, 1.82) is 0 Å². The Kier molecular flexibility index (Phi) is 4.08. The molecule has 1 aliphatic heterocycles. The number of rotatable bonds is 4. The molecule has 1 saturated heterocycles. The van der Waals surface area contributed by atoms with Gasteiger partial charge < -0.3 is 4.74 Å². The molecule has 6 nitrogen and oxygen atoms in total. The van der Waals surface area contributed by atoms with Crippen LogP contribution in [-0.4, -0.2) is 52.8 Å². The summed E-state index contributed by atoms with van der Waals surface area (Å²) in [7, 11) is -5.44. The van der Waals surface area contributed by atoms with E-state index in [1.165, 1.54) is 23.5 Å². The molecule has 0 radical (unpaired) electrons. The van der Waals surface area contributed by atoms with E-state index in [0.29, 0.717) is 12.2 Å². The van der Waals surface area contributed by atoms with Crippen molar-refractivity contribution in [2.24, 2.45) is 0 Å². The van der Waals surface area contributed by atoms with E-state index in [9.17, 15) is 16.8 Å². The van der Waals surface area contributed by atoms with Gasteiger partial charge in [-0.05, 0) is 18.6 Å². The molecule has 1 atom stereocenters. The Morgan fingerprint density at radius 1 is 1.25 bits per heavy atom. The highest BCUT2D eigenvalue weighted by atomic mass is 32.2. The molecular weight excluding hydrogens is 302 g/mol. The van der Waals surface area contributed by atoms with Gasteiger partial charge in [-0.3, -0.25) is 0 Å². The summed E-state index contributed by atoms with van der Waals surface area (Å²) in [4.78, 5) is 0.117. The molecule has 0 aliphatic carbocycles. The van der Waals surface area contributed by atoms with E-state index in [0.717, 1.165) is 6.26 Å². The molecule has 0 aromatic heterocycles. The lowest BCUT2D eigenvalue weighted by Gasteiger charge is -2.16. The van der Waals surface area contributed by atoms with E-state index in [1.54, 1.807) is 12.1 Å². The maximum Gasteiger partial charge on any atom is 0.243 e. The fourth-order valence-electron chi connectivity index (χ4n) is 2.18. The molecule has 8 heteroatoms. The second kappa shape index (κ2) is 5.34. The van der Waals surface area contributed by atoms with Crippen molar-refractivity contribution in [3.05, 3.63) is 24.3 Å². The Morgan fingerprint density at radius 3 is 2.50 bits per heavy atom. The molecule has 0 N–H and O–H groups in total. The van der Waals surface area contributed by atoms with Crippen LogP contribution in [0, 0.1) is 0 Å². The zero-order valence-electron chi connectivity index (χ0n) is 11.3. The average molecular weight is 319 g/mol. The van der Waals surface area contributed by atoms with E-state index in [-0.39, 0.29) is 18.0 Å². The molecule has 0 bridgehead atoms. The number of sulfonamides is 1. The van der Waals surface area contributed by atoms with Gasteiger partial charge in [-0.1, -0.05) is 6.07 Å². The van der Waals surface area contributed by atoms with Gasteiger partial charge in [0.25, 0.3) is 0 Å². The lowest BCUT2D eigenvalue weighted by molar-refractivity contribution is 0.412. The van der Waals surface area contributed by atoms with Crippen LogP contribution in [0.3, 0.4) is 0 Å². The van der Waals surface area contributed by atoms with Crippen molar-refractivity contribution >= 4 is 19.9 Å². The molecule has 1 aromatic rings. The predicted molar refractivity (Wildman–Crippen MR) is 75.0 cm³/mol. The Bertz CT molecular complexity index is 696. The van der Waals surface area contributed by atoms with Crippen LogP contribution in [0.25, 0.3) is 0 Å². The van der Waals surface area contributed by atoms with Gasteiger partial charge in [-0.15, -0.1) is 0 Å². The van der Waals surface area contributed by atoms with Crippen molar-refractivity contribution in [2.75, 3.05) is 26.5 Å². The molecule has 20 heavy (non-hydrogen) atoms. The van der Waals surface area contributed by atoms with Crippen molar-refractivity contribution in [1.82, 2.24) is 4.31 Å². The summed E-state index contributed by atoms with van der Waals surface area (Å²) in [6, 6.07) is 6.16. The summed E-state index contributed by atoms with van der Waals surface area (Å²) in [5.41, 5.74) is 0. The number of ether oxygens (including phenoxy) is 1. The zero-order chi connectivity index (χ0) is 15.0. The van der Waals surface area contributed by atoms with E-state index < -0.39 is 25.1 Å². The summed E-state index contributed by atoms with van der Waals surface area (Å²) in [5.74, 6) is 0.449. The van der Waals surface area contributed by atoms with Crippen LogP contribution in [-0.2, 0) is 19.9 Å². The highest BCUT2D eigenvalue weighted by Gasteiger charge is 2.37. The first-order chi connectivity index (χ1) is 9.25. The fourth-order valence-corrected chi connectivity index (χ4v) is 4.79. The maximum atomic E-state index is 12.5. The second-order valence-corrected chi connectivity index (χ2v) is 9.05. The van der Waals surface area contributed by atoms with E-state index in [1.807, 2.05) is 0 Å². The highest BCUT2D eigenvalue weighted by Crippen LogP contribution is 2.26. The quantitative estimate of drug-likeness (QED) is 0.807. The lowest BCUT2D eigenvalue weighted by Crippen LogP contribution is -2.31. The molecular formula is C12H17NO5S2. The normalized spacial score (nSPS) is 21.0. The lowest BCUT2D eigenvalue weighted by atomic mass is 10.3. The van der Waals surface area contributed by atoms with Crippen molar-refractivity contribution < 1.29 is 21.6 Å². The Balaban J connectivity index is 2.28. The van der Waals surface area contributed by atoms with E-state index >= 15 is 0 Å².